The molecule has 4 nitrogen and oxygen atoms in total. The van der Waals surface area contributed by atoms with E-state index in [1.54, 1.807) is 6.20 Å². The van der Waals surface area contributed by atoms with Crippen molar-refractivity contribution in [1.82, 2.24) is 10.3 Å². The lowest BCUT2D eigenvalue weighted by Gasteiger charge is -2.09. The average molecular weight is 253 g/mol. The molecule has 2 heterocycles. The molecule has 1 aromatic carbocycles. The molecule has 19 heavy (non-hydrogen) atoms. The molecule has 96 valence electrons. The van der Waals surface area contributed by atoms with Crippen molar-refractivity contribution >= 4 is 11.7 Å². The van der Waals surface area contributed by atoms with Crippen molar-refractivity contribution in [3.8, 4) is 11.1 Å². The van der Waals surface area contributed by atoms with Crippen molar-refractivity contribution in [3.05, 3.63) is 48.2 Å². The number of pyridine rings is 1. The van der Waals surface area contributed by atoms with Gasteiger partial charge < -0.3 is 11.1 Å². The first-order valence-electron chi connectivity index (χ1n) is 6.31. The molecule has 2 aromatic rings. The molecule has 0 saturated carbocycles. The van der Waals surface area contributed by atoms with E-state index in [-0.39, 0.29) is 5.91 Å². The van der Waals surface area contributed by atoms with Gasteiger partial charge in [0, 0.05) is 25.1 Å². The van der Waals surface area contributed by atoms with Gasteiger partial charge in [-0.05, 0) is 28.8 Å². The van der Waals surface area contributed by atoms with E-state index in [1.807, 2.05) is 12.1 Å². The summed E-state index contributed by atoms with van der Waals surface area (Å²) in [6.07, 6.45) is 2.29. The number of anilines is 1. The SMILES string of the molecule is Nc1cc(-c2ccc(C3CNC(=O)C3)cc2)ccn1. The molecule has 1 aliphatic heterocycles. The Morgan fingerprint density at radius 3 is 2.58 bits per heavy atom. The maximum absolute atomic E-state index is 11.2. The van der Waals surface area contributed by atoms with Gasteiger partial charge in [0.2, 0.25) is 5.91 Å². The van der Waals surface area contributed by atoms with Crippen LogP contribution in [0, 0.1) is 0 Å². The fourth-order valence-corrected chi connectivity index (χ4v) is 2.42. The number of nitrogens with one attached hydrogen (secondary N) is 1. The van der Waals surface area contributed by atoms with E-state index in [4.69, 9.17) is 5.73 Å². The van der Waals surface area contributed by atoms with E-state index in [1.165, 1.54) is 5.56 Å². The van der Waals surface area contributed by atoms with Crippen molar-refractivity contribution in [3.63, 3.8) is 0 Å². The molecule has 0 radical (unpaired) electrons. The predicted molar refractivity (Wildman–Crippen MR) is 74.5 cm³/mol. The van der Waals surface area contributed by atoms with Gasteiger partial charge in [-0.2, -0.15) is 0 Å². The molecule has 0 spiro atoms. The zero-order chi connectivity index (χ0) is 13.2. The van der Waals surface area contributed by atoms with Gasteiger partial charge in [0.15, 0.2) is 0 Å². The van der Waals surface area contributed by atoms with Crippen molar-refractivity contribution in [2.24, 2.45) is 0 Å². The van der Waals surface area contributed by atoms with Crippen LogP contribution in [-0.2, 0) is 4.79 Å². The third kappa shape index (κ3) is 2.42. The van der Waals surface area contributed by atoms with E-state index >= 15 is 0 Å². The van der Waals surface area contributed by atoms with Gasteiger partial charge in [0.25, 0.3) is 0 Å². The number of nitrogens with zero attached hydrogens (tertiary/aromatic N) is 1. The first kappa shape index (κ1) is 11.7. The smallest absolute Gasteiger partial charge is 0.220 e. The highest BCUT2D eigenvalue weighted by atomic mass is 16.1. The Kier molecular flexibility index (Phi) is 2.91. The highest BCUT2D eigenvalue weighted by Gasteiger charge is 2.22. The summed E-state index contributed by atoms with van der Waals surface area (Å²) in [4.78, 5) is 15.2. The zero-order valence-electron chi connectivity index (χ0n) is 10.5. The molecule has 1 unspecified atom stereocenters. The number of nitrogens with two attached hydrogens (primary N) is 1. The Morgan fingerprint density at radius 2 is 1.95 bits per heavy atom. The summed E-state index contributed by atoms with van der Waals surface area (Å²) < 4.78 is 0. The second kappa shape index (κ2) is 4.72. The molecule has 0 bridgehead atoms. The molecule has 1 aromatic heterocycles. The van der Waals surface area contributed by atoms with E-state index in [9.17, 15) is 4.79 Å². The van der Waals surface area contributed by atoms with Crippen LogP contribution in [0.1, 0.15) is 17.9 Å². The van der Waals surface area contributed by atoms with Crippen LogP contribution in [0.4, 0.5) is 5.82 Å². The van der Waals surface area contributed by atoms with Crippen LogP contribution in [-0.4, -0.2) is 17.4 Å². The largest absolute Gasteiger partial charge is 0.384 e. The molecule has 1 amide bonds. The molecule has 1 fully saturated rings. The van der Waals surface area contributed by atoms with Gasteiger partial charge >= 0.3 is 0 Å². The van der Waals surface area contributed by atoms with Crippen molar-refractivity contribution in [2.75, 3.05) is 12.3 Å². The average Bonchev–Trinajstić information content (AvgIpc) is 2.86. The quantitative estimate of drug-likeness (QED) is 0.859. The molecule has 1 atom stereocenters. The topological polar surface area (TPSA) is 68.0 Å². The number of aromatic nitrogens is 1. The van der Waals surface area contributed by atoms with E-state index in [2.05, 4.69) is 34.6 Å². The predicted octanol–water partition coefficient (Wildman–Crippen LogP) is 1.93. The van der Waals surface area contributed by atoms with Crippen LogP contribution in [0.15, 0.2) is 42.6 Å². The summed E-state index contributed by atoms with van der Waals surface area (Å²) in [5, 5.41) is 2.86. The Hall–Kier alpha value is -2.36. The number of hydrogen-bond acceptors (Lipinski definition) is 3. The summed E-state index contributed by atoms with van der Waals surface area (Å²) in [5.41, 5.74) is 9.04. The van der Waals surface area contributed by atoms with Crippen molar-refractivity contribution in [2.45, 2.75) is 12.3 Å². The summed E-state index contributed by atoms with van der Waals surface area (Å²) in [7, 11) is 0. The molecule has 3 N–H and O–H groups in total. The van der Waals surface area contributed by atoms with Crippen LogP contribution < -0.4 is 11.1 Å². The minimum absolute atomic E-state index is 0.135. The zero-order valence-corrected chi connectivity index (χ0v) is 10.5. The van der Waals surface area contributed by atoms with E-state index in [0.717, 1.165) is 17.7 Å². The minimum Gasteiger partial charge on any atom is -0.384 e. The van der Waals surface area contributed by atoms with Crippen molar-refractivity contribution in [1.29, 1.82) is 0 Å². The van der Waals surface area contributed by atoms with Gasteiger partial charge in [-0.25, -0.2) is 4.98 Å². The van der Waals surface area contributed by atoms with Crippen LogP contribution in [0.25, 0.3) is 11.1 Å². The Bertz CT molecular complexity index is 607. The summed E-state index contributed by atoms with van der Waals surface area (Å²) in [5.74, 6) is 0.951. The standard InChI is InChI=1S/C15H15N3O/c16-14-7-12(5-6-17-14)10-1-3-11(4-2-10)13-8-15(19)18-9-13/h1-7,13H,8-9H2,(H2,16,17)(H,18,19). The number of nitrogen functional groups attached to an aromatic ring is 1. The van der Waals surface area contributed by atoms with Gasteiger partial charge in [0.05, 0.1) is 0 Å². The van der Waals surface area contributed by atoms with E-state index < -0.39 is 0 Å². The molecule has 3 rings (SSSR count). The summed E-state index contributed by atoms with van der Waals surface area (Å²) >= 11 is 0. The summed E-state index contributed by atoms with van der Waals surface area (Å²) in [6.45, 7) is 0.736. The van der Waals surface area contributed by atoms with Gasteiger partial charge in [-0.1, -0.05) is 24.3 Å². The maximum atomic E-state index is 11.2. The fraction of sp³-hybridized carbons (Fsp3) is 0.200. The number of hydrogen-bond donors (Lipinski definition) is 2. The second-order valence-electron chi connectivity index (χ2n) is 4.80. The second-order valence-corrected chi connectivity index (χ2v) is 4.80. The van der Waals surface area contributed by atoms with Gasteiger partial charge in [-0.3, -0.25) is 4.79 Å². The normalized spacial score (nSPS) is 18.3. The Labute approximate surface area is 111 Å². The molecule has 0 aliphatic carbocycles. The summed E-state index contributed by atoms with van der Waals surface area (Å²) in [6, 6.07) is 12.1. The van der Waals surface area contributed by atoms with Gasteiger partial charge in [-0.15, -0.1) is 0 Å². The Balaban J connectivity index is 1.85. The molecule has 4 heteroatoms. The lowest BCUT2D eigenvalue weighted by molar-refractivity contribution is -0.119. The number of amides is 1. The van der Waals surface area contributed by atoms with Crippen molar-refractivity contribution < 1.29 is 4.79 Å². The van der Waals surface area contributed by atoms with Crippen LogP contribution in [0.3, 0.4) is 0 Å². The number of rotatable bonds is 2. The molecule has 1 aliphatic rings. The van der Waals surface area contributed by atoms with Crippen LogP contribution >= 0.6 is 0 Å². The van der Waals surface area contributed by atoms with Crippen LogP contribution in [0.2, 0.25) is 0 Å². The van der Waals surface area contributed by atoms with Crippen LogP contribution in [0.5, 0.6) is 0 Å². The fourth-order valence-electron chi connectivity index (χ4n) is 2.42. The number of benzene rings is 1. The first-order chi connectivity index (χ1) is 9.22. The third-order valence-electron chi connectivity index (χ3n) is 3.47. The van der Waals surface area contributed by atoms with Gasteiger partial charge in [0.1, 0.15) is 5.82 Å². The highest BCUT2D eigenvalue weighted by molar-refractivity contribution is 5.79. The first-order valence-corrected chi connectivity index (χ1v) is 6.31. The monoisotopic (exact) mass is 253 g/mol. The maximum Gasteiger partial charge on any atom is 0.220 e. The molecule has 1 saturated heterocycles. The third-order valence-corrected chi connectivity index (χ3v) is 3.47. The van der Waals surface area contributed by atoms with E-state index in [0.29, 0.717) is 18.2 Å². The number of carbonyl (C=O) groups is 1. The minimum atomic E-state index is 0.135. The molecular formula is C15H15N3O. The number of carbonyl (C=O) groups excluding carboxylic acids is 1. The lowest BCUT2D eigenvalue weighted by Crippen LogP contribution is -2.13. The highest BCUT2D eigenvalue weighted by Crippen LogP contribution is 2.26. The molecular weight excluding hydrogens is 238 g/mol. The lowest BCUT2D eigenvalue weighted by atomic mass is 9.96. The Morgan fingerprint density at radius 1 is 1.16 bits per heavy atom.